The fourth-order valence-corrected chi connectivity index (χ4v) is 3.28. The number of sulfone groups is 1. The first-order chi connectivity index (χ1) is 10.8. The second-order valence-corrected chi connectivity index (χ2v) is 7.87. The molecule has 0 aliphatic rings. The van der Waals surface area contributed by atoms with Gasteiger partial charge < -0.3 is 0 Å². The molecule has 1 aromatic carbocycles. The van der Waals surface area contributed by atoms with Crippen molar-refractivity contribution >= 4 is 36.8 Å². The highest BCUT2D eigenvalue weighted by molar-refractivity contribution is 9.10. The minimum Gasteiger partial charge on any atom is -0.295 e. The number of hydrogen-bond donors (Lipinski definition) is 0. The van der Waals surface area contributed by atoms with Crippen LogP contribution in [0.25, 0.3) is 22.2 Å². The van der Waals surface area contributed by atoms with Crippen molar-refractivity contribution < 1.29 is 8.42 Å². The summed E-state index contributed by atoms with van der Waals surface area (Å²) in [4.78, 5) is 20.5. The molecule has 2 aromatic heterocycles. The number of benzene rings is 1. The minimum absolute atomic E-state index is 0.262. The molecule has 0 saturated heterocycles. The summed E-state index contributed by atoms with van der Waals surface area (Å²) in [5.74, 6) is 0. The van der Waals surface area contributed by atoms with Crippen molar-refractivity contribution in [3.8, 4) is 11.1 Å². The lowest BCUT2D eigenvalue weighted by atomic mass is 10.1. The Kier molecular flexibility index (Phi) is 3.81. The molecule has 0 bridgehead atoms. The Labute approximate surface area is 140 Å². The van der Waals surface area contributed by atoms with Crippen LogP contribution >= 0.6 is 15.9 Å². The normalized spacial score (nSPS) is 11.8. The molecule has 3 rings (SSSR count). The van der Waals surface area contributed by atoms with E-state index in [2.05, 4.69) is 25.9 Å². The van der Waals surface area contributed by atoms with Crippen LogP contribution in [0.5, 0.6) is 0 Å². The molecule has 3 aromatic rings. The van der Waals surface area contributed by atoms with Gasteiger partial charge in [0.05, 0.1) is 0 Å². The predicted octanol–water partition coefficient (Wildman–Crippen LogP) is 2.16. The molecule has 118 valence electrons. The molecule has 0 saturated carbocycles. The van der Waals surface area contributed by atoms with E-state index in [4.69, 9.17) is 0 Å². The van der Waals surface area contributed by atoms with Crippen molar-refractivity contribution in [3.05, 3.63) is 51.4 Å². The van der Waals surface area contributed by atoms with E-state index in [1.54, 1.807) is 13.1 Å². The van der Waals surface area contributed by atoms with Gasteiger partial charge in [0, 0.05) is 40.5 Å². The van der Waals surface area contributed by atoms with Gasteiger partial charge in [0.25, 0.3) is 5.56 Å². The van der Waals surface area contributed by atoms with Gasteiger partial charge in [0.1, 0.15) is 5.65 Å². The molecule has 0 atom stereocenters. The average molecular weight is 394 g/mol. The average Bonchev–Trinajstić information content (AvgIpc) is 2.50. The lowest BCUT2D eigenvalue weighted by molar-refractivity contribution is 0.593. The largest absolute Gasteiger partial charge is 0.295 e. The maximum absolute atomic E-state index is 12.6. The van der Waals surface area contributed by atoms with Crippen LogP contribution in [0.2, 0.25) is 0 Å². The molecule has 8 heteroatoms. The van der Waals surface area contributed by atoms with Crippen LogP contribution in [0.1, 0.15) is 0 Å². The second-order valence-electron chi connectivity index (χ2n) is 5.11. The number of halogens is 1. The Hall–Kier alpha value is -2.06. The number of hydrogen-bond acceptors (Lipinski definition) is 5. The van der Waals surface area contributed by atoms with Crippen molar-refractivity contribution in [3.63, 3.8) is 0 Å². The zero-order valence-corrected chi connectivity index (χ0v) is 14.7. The van der Waals surface area contributed by atoms with Gasteiger partial charge in [0.15, 0.2) is 0 Å². The number of fused-ring (bicyclic) bond motifs is 1. The Morgan fingerprint density at radius 2 is 1.87 bits per heavy atom. The predicted molar refractivity (Wildman–Crippen MR) is 91.0 cm³/mol. The first kappa shape index (κ1) is 15.8. The Morgan fingerprint density at radius 3 is 2.52 bits per heavy atom. The summed E-state index contributed by atoms with van der Waals surface area (Å²) in [5, 5.41) is 0.291. The van der Waals surface area contributed by atoms with E-state index in [-0.39, 0.29) is 16.4 Å². The quantitative estimate of drug-likeness (QED) is 0.623. The van der Waals surface area contributed by atoms with Crippen LogP contribution in [-0.2, 0) is 16.9 Å². The summed E-state index contributed by atoms with van der Waals surface area (Å²) in [5.41, 5.74) is 1.26. The Morgan fingerprint density at radius 1 is 1.17 bits per heavy atom. The van der Waals surface area contributed by atoms with Gasteiger partial charge in [-0.15, -0.1) is 0 Å². The molecular weight excluding hydrogens is 382 g/mol. The van der Waals surface area contributed by atoms with Crippen LogP contribution in [0.15, 0.2) is 51.0 Å². The first-order valence-corrected chi connectivity index (χ1v) is 9.29. The Balaban J connectivity index is 2.36. The standard InChI is InChI=1S/C15H12BrN3O3S/c1-19-13-9(8-17-15(18-13)23(2,21)22)7-11(14(19)20)10-5-3-4-6-12(10)16/h3-8H,1-2H3. The third-order valence-corrected chi connectivity index (χ3v) is 4.97. The smallest absolute Gasteiger partial charge is 0.259 e. The molecule has 0 radical (unpaired) electrons. The third kappa shape index (κ3) is 2.79. The highest BCUT2D eigenvalue weighted by Crippen LogP contribution is 2.27. The summed E-state index contributed by atoms with van der Waals surface area (Å²) in [7, 11) is -1.98. The number of pyridine rings is 1. The van der Waals surface area contributed by atoms with Crippen molar-refractivity contribution in [1.29, 1.82) is 0 Å². The molecule has 0 aliphatic heterocycles. The van der Waals surface area contributed by atoms with Gasteiger partial charge in [-0.25, -0.2) is 13.4 Å². The van der Waals surface area contributed by atoms with Gasteiger partial charge in [-0.3, -0.25) is 9.36 Å². The van der Waals surface area contributed by atoms with E-state index >= 15 is 0 Å². The van der Waals surface area contributed by atoms with Gasteiger partial charge in [0.2, 0.25) is 15.0 Å². The SMILES string of the molecule is Cn1c(=O)c(-c2ccccc2Br)cc2cnc(S(C)(=O)=O)nc21. The summed E-state index contributed by atoms with van der Waals surface area (Å²) >= 11 is 3.43. The fraction of sp³-hybridized carbons (Fsp3) is 0.133. The maximum atomic E-state index is 12.6. The van der Waals surface area contributed by atoms with Crippen molar-refractivity contribution in [2.45, 2.75) is 5.16 Å². The van der Waals surface area contributed by atoms with E-state index in [0.717, 1.165) is 16.3 Å². The van der Waals surface area contributed by atoms with E-state index in [1.807, 2.05) is 24.3 Å². The lowest BCUT2D eigenvalue weighted by Gasteiger charge is -2.10. The molecule has 23 heavy (non-hydrogen) atoms. The number of aryl methyl sites for hydroxylation is 1. The van der Waals surface area contributed by atoms with Crippen LogP contribution in [-0.4, -0.2) is 29.2 Å². The summed E-state index contributed by atoms with van der Waals surface area (Å²) < 4.78 is 25.3. The maximum Gasteiger partial charge on any atom is 0.259 e. The van der Waals surface area contributed by atoms with E-state index in [0.29, 0.717) is 10.9 Å². The monoisotopic (exact) mass is 393 g/mol. The van der Waals surface area contributed by atoms with Gasteiger partial charge in [-0.2, -0.15) is 4.98 Å². The van der Waals surface area contributed by atoms with Gasteiger partial charge >= 0.3 is 0 Å². The van der Waals surface area contributed by atoms with Crippen LogP contribution in [0.3, 0.4) is 0 Å². The highest BCUT2D eigenvalue weighted by Gasteiger charge is 2.16. The number of aromatic nitrogens is 3. The van der Waals surface area contributed by atoms with E-state index in [1.165, 1.54) is 10.8 Å². The molecule has 6 nitrogen and oxygen atoms in total. The third-order valence-electron chi connectivity index (χ3n) is 3.42. The van der Waals surface area contributed by atoms with E-state index in [9.17, 15) is 13.2 Å². The Bertz CT molecular complexity index is 1090. The molecule has 0 N–H and O–H groups in total. The first-order valence-electron chi connectivity index (χ1n) is 6.61. The van der Waals surface area contributed by atoms with Crippen LogP contribution in [0.4, 0.5) is 0 Å². The van der Waals surface area contributed by atoms with Gasteiger partial charge in [-0.05, 0) is 12.1 Å². The zero-order chi connectivity index (χ0) is 16.8. The molecule has 0 fully saturated rings. The zero-order valence-electron chi connectivity index (χ0n) is 12.3. The molecule has 0 aliphatic carbocycles. The summed E-state index contributed by atoms with van der Waals surface area (Å²) in [6.07, 6.45) is 2.44. The molecule has 0 unspecified atom stereocenters. The van der Waals surface area contributed by atoms with E-state index < -0.39 is 9.84 Å². The second kappa shape index (κ2) is 5.54. The van der Waals surface area contributed by atoms with Crippen molar-refractivity contribution in [2.75, 3.05) is 6.26 Å². The molecule has 2 heterocycles. The number of rotatable bonds is 2. The highest BCUT2D eigenvalue weighted by atomic mass is 79.9. The molecular formula is C15H12BrN3O3S. The van der Waals surface area contributed by atoms with Crippen LogP contribution in [0, 0.1) is 0 Å². The summed E-state index contributed by atoms with van der Waals surface area (Å²) in [6, 6.07) is 9.05. The van der Waals surface area contributed by atoms with Crippen molar-refractivity contribution in [1.82, 2.24) is 14.5 Å². The number of nitrogens with zero attached hydrogens (tertiary/aromatic N) is 3. The summed E-state index contributed by atoms with van der Waals surface area (Å²) in [6.45, 7) is 0. The topological polar surface area (TPSA) is 81.9 Å². The van der Waals surface area contributed by atoms with Gasteiger partial charge in [-0.1, -0.05) is 34.1 Å². The molecule has 0 spiro atoms. The van der Waals surface area contributed by atoms with Crippen molar-refractivity contribution in [2.24, 2.45) is 7.05 Å². The van der Waals surface area contributed by atoms with Crippen LogP contribution < -0.4 is 5.56 Å². The lowest BCUT2D eigenvalue weighted by Crippen LogP contribution is -2.20. The molecule has 0 amide bonds. The fourth-order valence-electron chi connectivity index (χ4n) is 2.28. The minimum atomic E-state index is -3.54.